The van der Waals surface area contributed by atoms with Crippen molar-refractivity contribution in [2.75, 3.05) is 0 Å². The van der Waals surface area contributed by atoms with E-state index in [2.05, 4.69) is 0 Å². The minimum Gasteiger partial charge on any atom is -0.293 e. The van der Waals surface area contributed by atoms with Gasteiger partial charge in [-0.15, -0.1) is 0 Å². The Hall–Kier alpha value is -2.58. The highest BCUT2D eigenvalue weighted by Crippen LogP contribution is 2.30. The number of nitro groups is 1. The van der Waals surface area contributed by atoms with Gasteiger partial charge >= 0.3 is 6.18 Å². The quantitative estimate of drug-likeness (QED) is 0.674. The van der Waals surface area contributed by atoms with Crippen LogP contribution >= 0.6 is 0 Å². The van der Waals surface area contributed by atoms with Crippen molar-refractivity contribution >= 4 is 5.69 Å². The van der Waals surface area contributed by atoms with E-state index in [0.717, 1.165) is 0 Å². The third kappa shape index (κ3) is 2.96. The fourth-order valence-corrected chi connectivity index (χ4v) is 2.03. The molecule has 2 aromatic rings. The van der Waals surface area contributed by atoms with E-state index in [0.29, 0.717) is 11.1 Å². The van der Waals surface area contributed by atoms with E-state index in [-0.39, 0.29) is 12.1 Å². The van der Waals surface area contributed by atoms with E-state index in [1.807, 2.05) is 10.2 Å². The summed E-state index contributed by atoms with van der Waals surface area (Å²) in [5.41, 5.74) is -1.87. The number of hydrogen-bond donors (Lipinski definition) is 2. The third-order valence-electron chi connectivity index (χ3n) is 3.00. The molecular formula is C12H10F3N3O3. The van der Waals surface area contributed by atoms with E-state index in [1.165, 1.54) is 25.1 Å². The average molecular weight is 301 g/mol. The van der Waals surface area contributed by atoms with Gasteiger partial charge in [0.25, 0.3) is 11.2 Å². The number of nitrogens with one attached hydrogen (secondary N) is 2. The molecule has 0 spiro atoms. The van der Waals surface area contributed by atoms with Crippen molar-refractivity contribution in [3.05, 3.63) is 61.1 Å². The van der Waals surface area contributed by atoms with Crippen LogP contribution in [0.4, 0.5) is 18.9 Å². The van der Waals surface area contributed by atoms with E-state index in [9.17, 15) is 28.1 Å². The predicted molar refractivity (Wildman–Crippen MR) is 67.1 cm³/mol. The fraction of sp³-hybridized carbons (Fsp3) is 0.250. The van der Waals surface area contributed by atoms with Gasteiger partial charge in [0.15, 0.2) is 0 Å². The molecule has 0 fully saturated rings. The van der Waals surface area contributed by atoms with Gasteiger partial charge < -0.3 is 0 Å². The molecule has 0 saturated carbocycles. The summed E-state index contributed by atoms with van der Waals surface area (Å²) in [6.07, 6.45) is -4.95. The van der Waals surface area contributed by atoms with Crippen molar-refractivity contribution in [3.8, 4) is 0 Å². The lowest BCUT2D eigenvalue weighted by molar-refractivity contribution is -0.385. The first-order chi connectivity index (χ1) is 9.70. The molecule has 112 valence electrons. The second-order valence-corrected chi connectivity index (χ2v) is 4.49. The number of rotatable bonds is 3. The standard InChI is InChI=1S/C12H10F3N3O3/c1-6-4-7(2-3-9(6)18(20)21)5-8-10(12(13,14)15)16-17-11(8)19/h2-4H,5H2,1H3,(H2,16,17,19). The summed E-state index contributed by atoms with van der Waals surface area (Å²) in [6.45, 7) is 1.48. The summed E-state index contributed by atoms with van der Waals surface area (Å²) in [6, 6.07) is 3.93. The van der Waals surface area contributed by atoms with Crippen molar-refractivity contribution < 1.29 is 18.1 Å². The van der Waals surface area contributed by atoms with Crippen molar-refractivity contribution in [1.82, 2.24) is 10.2 Å². The van der Waals surface area contributed by atoms with Gasteiger partial charge in [0.05, 0.1) is 10.5 Å². The molecule has 1 heterocycles. The summed E-state index contributed by atoms with van der Waals surface area (Å²) in [5, 5.41) is 14.4. The smallest absolute Gasteiger partial charge is 0.293 e. The van der Waals surface area contributed by atoms with Crippen molar-refractivity contribution in [2.45, 2.75) is 19.5 Å². The van der Waals surface area contributed by atoms with Crippen LogP contribution < -0.4 is 5.56 Å². The number of halogens is 3. The number of aromatic amines is 2. The molecule has 0 bridgehead atoms. The van der Waals surface area contributed by atoms with Crippen molar-refractivity contribution in [2.24, 2.45) is 0 Å². The number of nitro benzene ring substituents is 1. The molecule has 0 saturated heterocycles. The lowest BCUT2D eigenvalue weighted by atomic mass is 10.0. The summed E-state index contributed by atoms with van der Waals surface area (Å²) in [7, 11) is 0. The Morgan fingerprint density at radius 2 is 1.95 bits per heavy atom. The van der Waals surface area contributed by atoms with Gasteiger partial charge in [-0.1, -0.05) is 6.07 Å². The predicted octanol–water partition coefficient (Wildman–Crippen LogP) is 2.53. The lowest BCUT2D eigenvalue weighted by Gasteiger charge is -2.07. The lowest BCUT2D eigenvalue weighted by Crippen LogP contribution is -2.13. The summed E-state index contributed by atoms with van der Waals surface area (Å²) in [4.78, 5) is 21.6. The zero-order chi connectivity index (χ0) is 15.8. The van der Waals surface area contributed by atoms with Crippen LogP contribution in [0.25, 0.3) is 0 Å². The molecule has 0 radical (unpaired) electrons. The Balaban J connectivity index is 2.40. The van der Waals surface area contributed by atoms with Gasteiger partial charge in [-0.3, -0.25) is 25.1 Å². The van der Waals surface area contributed by atoms with Crippen LogP contribution in [-0.4, -0.2) is 15.1 Å². The van der Waals surface area contributed by atoms with Crippen LogP contribution in [0.5, 0.6) is 0 Å². The van der Waals surface area contributed by atoms with Crippen LogP contribution in [-0.2, 0) is 12.6 Å². The Morgan fingerprint density at radius 1 is 1.29 bits per heavy atom. The normalized spacial score (nSPS) is 11.6. The number of nitrogens with zero attached hydrogens (tertiary/aromatic N) is 1. The Bertz CT molecular complexity index is 746. The van der Waals surface area contributed by atoms with Gasteiger partial charge in [-0.05, 0) is 18.6 Å². The molecule has 0 atom stereocenters. The molecule has 1 aromatic heterocycles. The first-order valence-electron chi connectivity index (χ1n) is 5.80. The SMILES string of the molecule is Cc1cc(Cc2c(C(F)(F)F)[nH][nH]c2=O)ccc1[N+](=O)[O-]. The average Bonchev–Trinajstić information content (AvgIpc) is 2.70. The number of benzene rings is 1. The highest BCUT2D eigenvalue weighted by molar-refractivity contribution is 5.43. The molecule has 0 aliphatic carbocycles. The minimum absolute atomic E-state index is 0.127. The summed E-state index contributed by atoms with van der Waals surface area (Å²) in [5.74, 6) is 0. The van der Waals surface area contributed by atoms with Crippen LogP contribution in [0.3, 0.4) is 0 Å². The largest absolute Gasteiger partial charge is 0.433 e. The van der Waals surface area contributed by atoms with Crippen LogP contribution in [0.15, 0.2) is 23.0 Å². The Kier molecular flexibility index (Phi) is 3.58. The zero-order valence-electron chi connectivity index (χ0n) is 10.7. The maximum Gasteiger partial charge on any atom is 0.433 e. The summed E-state index contributed by atoms with van der Waals surface area (Å²) < 4.78 is 38.2. The minimum atomic E-state index is -4.68. The first kappa shape index (κ1) is 14.8. The van der Waals surface area contributed by atoms with Gasteiger partial charge in [-0.25, -0.2) is 0 Å². The second kappa shape index (κ2) is 5.08. The first-order valence-corrected chi connectivity index (χ1v) is 5.80. The highest BCUT2D eigenvalue weighted by Gasteiger charge is 2.36. The van der Waals surface area contributed by atoms with Gasteiger partial charge in [-0.2, -0.15) is 13.2 Å². The maximum absolute atomic E-state index is 12.7. The molecule has 9 heteroatoms. The number of H-pyrrole nitrogens is 2. The molecule has 0 amide bonds. The van der Waals surface area contributed by atoms with Crippen molar-refractivity contribution in [1.29, 1.82) is 0 Å². The monoisotopic (exact) mass is 301 g/mol. The molecular weight excluding hydrogens is 291 g/mol. The zero-order valence-corrected chi connectivity index (χ0v) is 10.7. The van der Waals surface area contributed by atoms with Crippen LogP contribution in [0, 0.1) is 17.0 Å². The van der Waals surface area contributed by atoms with Crippen molar-refractivity contribution in [3.63, 3.8) is 0 Å². The number of aryl methyl sites for hydroxylation is 1. The third-order valence-corrected chi connectivity index (χ3v) is 3.00. The number of hydrogen-bond acceptors (Lipinski definition) is 3. The molecule has 1 aromatic carbocycles. The van der Waals surface area contributed by atoms with Crippen LogP contribution in [0.1, 0.15) is 22.4 Å². The van der Waals surface area contributed by atoms with Gasteiger partial charge in [0.1, 0.15) is 5.69 Å². The number of alkyl halides is 3. The molecule has 2 N–H and O–H groups in total. The fourth-order valence-electron chi connectivity index (χ4n) is 2.03. The number of aromatic nitrogens is 2. The second-order valence-electron chi connectivity index (χ2n) is 4.49. The van der Waals surface area contributed by atoms with E-state index in [1.54, 1.807) is 0 Å². The Morgan fingerprint density at radius 3 is 2.48 bits per heavy atom. The van der Waals surface area contributed by atoms with E-state index < -0.39 is 27.9 Å². The molecule has 0 unspecified atom stereocenters. The van der Waals surface area contributed by atoms with Crippen LogP contribution in [0.2, 0.25) is 0 Å². The topological polar surface area (TPSA) is 91.8 Å². The molecule has 0 aliphatic rings. The van der Waals surface area contributed by atoms with Gasteiger partial charge in [0, 0.05) is 18.1 Å². The highest BCUT2D eigenvalue weighted by atomic mass is 19.4. The molecule has 21 heavy (non-hydrogen) atoms. The molecule has 0 aliphatic heterocycles. The molecule has 6 nitrogen and oxygen atoms in total. The van der Waals surface area contributed by atoms with Gasteiger partial charge in [0.2, 0.25) is 0 Å². The molecule has 2 rings (SSSR count). The van der Waals surface area contributed by atoms with E-state index in [4.69, 9.17) is 0 Å². The summed E-state index contributed by atoms with van der Waals surface area (Å²) >= 11 is 0. The maximum atomic E-state index is 12.7. The Labute approximate surface area is 115 Å². The van der Waals surface area contributed by atoms with E-state index >= 15 is 0 Å².